The van der Waals surface area contributed by atoms with Gasteiger partial charge in [-0.25, -0.2) is 0 Å². The number of hydrogen-bond donors (Lipinski definition) is 2. The molecule has 2 aromatic carbocycles. The summed E-state index contributed by atoms with van der Waals surface area (Å²) >= 11 is 0. The highest BCUT2D eigenvalue weighted by Gasteiger charge is 2.15. The minimum atomic E-state index is -0.303. The van der Waals surface area contributed by atoms with Crippen molar-refractivity contribution in [3.63, 3.8) is 0 Å². The minimum absolute atomic E-state index is 0.0318. The fourth-order valence-electron chi connectivity index (χ4n) is 2.57. The van der Waals surface area contributed by atoms with E-state index in [9.17, 15) is 4.79 Å². The second kappa shape index (κ2) is 6.65. The molecule has 0 unspecified atom stereocenters. The van der Waals surface area contributed by atoms with Crippen molar-refractivity contribution >= 4 is 17.3 Å². The highest BCUT2D eigenvalue weighted by molar-refractivity contribution is 5.97. The Balaban J connectivity index is 2.07. The molecule has 2 N–H and O–H groups in total. The van der Waals surface area contributed by atoms with Crippen molar-refractivity contribution in [1.82, 2.24) is 0 Å². The summed E-state index contributed by atoms with van der Waals surface area (Å²) < 4.78 is 0. The molecule has 1 amide bonds. The molecule has 2 rings (SSSR count). The number of nitrogens with one attached hydrogen (secondary N) is 2. The van der Waals surface area contributed by atoms with Gasteiger partial charge in [-0.05, 0) is 57.9 Å². The molecular weight excluding hydrogens is 272 g/mol. The zero-order valence-electron chi connectivity index (χ0n) is 13.9. The van der Waals surface area contributed by atoms with E-state index in [-0.39, 0.29) is 11.9 Å². The topological polar surface area (TPSA) is 41.1 Å². The van der Waals surface area contributed by atoms with Crippen LogP contribution in [0.3, 0.4) is 0 Å². The Morgan fingerprint density at radius 3 is 2.00 bits per heavy atom. The Bertz CT molecular complexity index is 651. The molecule has 0 heterocycles. The van der Waals surface area contributed by atoms with Crippen molar-refractivity contribution < 1.29 is 4.79 Å². The van der Waals surface area contributed by atoms with Gasteiger partial charge in [0.15, 0.2) is 0 Å². The number of aryl methyl sites for hydroxylation is 4. The summed E-state index contributed by atoms with van der Waals surface area (Å²) in [7, 11) is 0. The molecule has 2 aromatic rings. The Kier molecular flexibility index (Phi) is 4.86. The largest absolute Gasteiger partial charge is 0.374 e. The van der Waals surface area contributed by atoms with Gasteiger partial charge in [0.2, 0.25) is 5.91 Å². The summed E-state index contributed by atoms with van der Waals surface area (Å²) in [6.45, 7) is 10.0. The smallest absolute Gasteiger partial charge is 0.246 e. The number of anilines is 2. The van der Waals surface area contributed by atoms with Gasteiger partial charge in [0.25, 0.3) is 0 Å². The Labute approximate surface area is 132 Å². The third-order valence-corrected chi connectivity index (χ3v) is 3.75. The summed E-state index contributed by atoms with van der Waals surface area (Å²) in [6, 6.07) is 11.9. The van der Waals surface area contributed by atoms with Crippen LogP contribution in [-0.2, 0) is 4.79 Å². The van der Waals surface area contributed by atoms with Gasteiger partial charge in [-0.3, -0.25) is 4.79 Å². The van der Waals surface area contributed by atoms with Crippen LogP contribution in [0.4, 0.5) is 11.4 Å². The molecule has 0 bridgehead atoms. The molecule has 0 aromatic heterocycles. The number of carbonyl (C=O) groups is 1. The highest BCUT2D eigenvalue weighted by atomic mass is 16.2. The minimum Gasteiger partial charge on any atom is -0.374 e. The van der Waals surface area contributed by atoms with Crippen molar-refractivity contribution in [2.45, 2.75) is 40.7 Å². The molecule has 22 heavy (non-hydrogen) atoms. The van der Waals surface area contributed by atoms with E-state index in [4.69, 9.17) is 0 Å². The van der Waals surface area contributed by atoms with Gasteiger partial charge in [0.05, 0.1) is 0 Å². The van der Waals surface area contributed by atoms with E-state index in [0.717, 1.165) is 22.5 Å². The van der Waals surface area contributed by atoms with Gasteiger partial charge in [0, 0.05) is 11.4 Å². The van der Waals surface area contributed by atoms with Gasteiger partial charge in [-0.15, -0.1) is 0 Å². The first-order valence-corrected chi connectivity index (χ1v) is 7.58. The van der Waals surface area contributed by atoms with Crippen molar-refractivity contribution in [1.29, 1.82) is 0 Å². The normalized spacial score (nSPS) is 11.9. The summed E-state index contributed by atoms with van der Waals surface area (Å²) in [5.74, 6) is -0.0318. The molecule has 3 heteroatoms. The van der Waals surface area contributed by atoms with E-state index in [2.05, 4.69) is 29.7 Å². The lowest BCUT2D eigenvalue weighted by Gasteiger charge is -2.18. The van der Waals surface area contributed by atoms with E-state index in [1.54, 1.807) is 0 Å². The predicted molar refractivity (Wildman–Crippen MR) is 93.5 cm³/mol. The highest BCUT2D eigenvalue weighted by Crippen LogP contribution is 2.22. The number of rotatable bonds is 4. The van der Waals surface area contributed by atoms with Crippen molar-refractivity contribution in [3.05, 3.63) is 58.7 Å². The van der Waals surface area contributed by atoms with Crippen LogP contribution in [0.25, 0.3) is 0 Å². The first kappa shape index (κ1) is 16.1. The Hall–Kier alpha value is -2.29. The second-order valence-electron chi connectivity index (χ2n) is 6.00. The van der Waals surface area contributed by atoms with Crippen LogP contribution >= 0.6 is 0 Å². The van der Waals surface area contributed by atoms with Crippen LogP contribution < -0.4 is 10.6 Å². The third-order valence-electron chi connectivity index (χ3n) is 3.75. The van der Waals surface area contributed by atoms with E-state index < -0.39 is 0 Å². The average Bonchev–Trinajstić information content (AvgIpc) is 2.45. The van der Waals surface area contributed by atoms with E-state index in [0.29, 0.717) is 0 Å². The monoisotopic (exact) mass is 296 g/mol. The lowest BCUT2D eigenvalue weighted by atomic mass is 10.0. The van der Waals surface area contributed by atoms with Gasteiger partial charge in [-0.1, -0.05) is 35.4 Å². The molecular formula is C19H24N2O. The standard InChI is InChI=1S/C19H24N2O/c1-12-6-8-17(9-7-12)20-16(5)19(22)21-18-14(3)10-13(2)11-15(18)4/h6-11,16,20H,1-5H3,(H,21,22)/t16-/m1/s1. The number of carbonyl (C=O) groups excluding carboxylic acids is 1. The molecule has 116 valence electrons. The zero-order chi connectivity index (χ0) is 16.3. The maximum absolute atomic E-state index is 12.4. The van der Waals surface area contributed by atoms with Gasteiger partial charge in [0.1, 0.15) is 6.04 Å². The predicted octanol–water partition coefficient (Wildman–Crippen LogP) is 4.36. The SMILES string of the molecule is Cc1ccc(N[C@H](C)C(=O)Nc2c(C)cc(C)cc2C)cc1. The Morgan fingerprint density at radius 1 is 0.909 bits per heavy atom. The van der Waals surface area contributed by atoms with Crippen LogP contribution in [0.1, 0.15) is 29.2 Å². The number of benzene rings is 2. The van der Waals surface area contributed by atoms with E-state index >= 15 is 0 Å². The zero-order valence-corrected chi connectivity index (χ0v) is 13.9. The molecule has 0 saturated carbocycles. The van der Waals surface area contributed by atoms with Crippen LogP contribution in [0.5, 0.6) is 0 Å². The summed E-state index contributed by atoms with van der Waals surface area (Å²) in [4.78, 5) is 12.4. The van der Waals surface area contributed by atoms with Crippen LogP contribution in [0, 0.1) is 27.7 Å². The summed E-state index contributed by atoms with van der Waals surface area (Å²) in [5.41, 5.74) is 6.45. The summed E-state index contributed by atoms with van der Waals surface area (Å²) in [6.07, 6.45) is 0. The van der Waals surface area contributed by atoms with Crippen molar-refractivity contribution in [2.75, 3.05) is 10.6 Å². The fourth-order valence-corrected chi connectivity index (χ4v) is 2.57. The third kappa shape index (κ3) is 3.88. The van der Waals surface area contributed by atoms with E-state index in [1.807, 2.05) is 52.0 Å². The van der Waals surface area contributed by atoms with Crippen molar-refractivity contribution in [2.24, 2.45) is 0 Å². The molecule has 0 saturated heterocycles. The summed E-state index contributed by atoms with van der Waals surface area (Å²) in [5, 5.41) is 6.26. The number of amides is 1. The van der Waals surface area contributed by atoms with Crippen molar-refractivity contribution in [3.8, 4) is 0 Å². The maximum Gasteiger partial charge on any atom is 0.246 e. The maximum atomic E-state index is 12.4. The lowest BCUT2D eigenvalue weighted by Crippen LogP contribution is -2.32. The molecule has 0 aliphatic carbocycles. The van der Waals surface area contributed by atoms with Gasteiger partial charge in [-0.2, -0.15) is 0 Å². The quantitative estimate of drug-likeness (QED) is 0.880. The second-order valence-corrected chi connectivity index (χ2v) is 6.00. The molecule has 0 aliphatic rings. The molecule has 3 nitrogen and oxygen atoms in total. The molecule has 0 radical (unpaired) electrons. The van der Waals surface area contributed by atoms with Gasteiger partial charge >= 0.3 is 0 Å². The molecule has 0 aliphatic heterocycles. The Morgan fingerprint density at radius 2 is 1.45 bits per heavy atom. The fraction of sp³-hybridized carbons (Fsp3) is 0.316. The average molecular weight is 296 g/mol. The molecule has 0 fully saturated rings. The molecule has 1 atom stereocenters. The molecule has 0 spiro atoms. The number of hydrogen-bond acceptors (Lipinski definition) is 2. The van der Waals surface area contributed by atoms with Crippen LogP contribution in [-0.4, -0.2) is 11.9 Å². The van der Waals surface area contributed by atoms with Crippen LogP contribution in [0.2, 0.25) is 0 Å². The van der Waals surface area contributed by atoms with E-state index in [1.165, 1.54) is 11.1 Å². The van der Waals surface area contributed by atoms with Crippen LogP contribution in [0.15, 0.2) is 36.4 Å². The van der Waals surface area contributed by atoms with Gasteiger partial charge < -0.3 is 10.6 Å². The first-order chi connectivity index (χ1) is 10.4. The first-order valence-electron chi connectivity index (χ1n) is 7.58. The lowest BCUT2D eigenvalue weighted by molar-refractivity contribution is -0.116.